The first kappa shape index (κ1) is 10.8. The van der Waals surface area contributed by atoms with E-state index in [0.717, 1.165) is 24.2 Å². The molecule has 0 atom stereocenters. The van der Waals surface area contributed by atoms with Crippen molar-refractivity contribution in [3.05, 3.63) is 42.3 Å². The Hall–Kier alpha value is -1.31. The van der Waals surface area contributed by atoms with Crippen LogP contribution < -0.4 is 0 Å². The average molecular weight is 190 g/mol. The number of carbonyl (C=O) groups excluding carboxylic acids is 1. The SMILES string of the molecule is [CH2]c1ccc(C(=O)N(CC)CC)cc1. The van der Waals surface area contributed by atoms with Gasteiger partial charge in [0.05, 0.1) is 0 Å². The van der Waals surface area contributed by atoms with Gasteiger partial charge in [-0.2, -0.15) is 0 Å². The van der Waals surface area contributed by atoms with Crippen molar-refractivity contribution in [2.45, 2.75) is 13.8 Å². The Labute approximate surface area is 85.5 Å². The summed E-state index contributed by atoms with van der Waals surface area (Å²) in [7, 11) is 0. The lowest BCUT2D eigenvalue weighted by atomic mass is 10.1. The molecule has 0 aliphatic rings. The monoisotopic (exact) mass is 190 g/mol. The Balaban J connectivity index is 2.83. The molecule has 1 radical (unpaired) electrons. The summed E-state index contributed by atoms with van der Waals surface area (Å²) in [6, 6.07) is 7.36. The fraction of sp³-hybridized carbons (Fsp3) is 0.333. The Kier molecular flexibility index (Phi) is 3.69. The van der Waals surface area contributed by atoms with Gasteiger partial charge in [0.1, 0.15) is 0 Å². The highest BCUT2D eigenvalue weighted by molar-refractivity contribution is 5.94. The molecule has 1 rings (SSSR count). The molecule has 0 unspecified atom stereocenters. The standard InChI is InChI=1S/C12H16NO/c1-4-13(5-2)12(14)11-8-6-10(3)7-9-11/h6-9H,3-5H2,1-2H3. The second kappa shape index (κ2) is 4.80. The van der Waals surface area contributed by atoms with Crippen molar-refractivity contribution in [1.29, 1.82) is 0 Å². The van der Waals surface area contributed by atoms with E-state index >= 15 is 0 Å². The Morgan fingerprint density at radius 2 is 1.71 bits per heavy atom. The van der Waals surface area contributed by atoms with Crippen molar-refractivity contribution in [1.82, 2.24) is 4.90 Å². The van der Waals surface area contributed by atoms with Gasteiger partial charge in [-0.25, -0.2) is 0 Å². The van der Waals surface area contributed by atoms with Crippen LogP contribution in [0.15, 0.2) is 24.3 Å². The maximum Gasteiger partial charge on any atom is 0.253 e. The first-order chi connectivity index (χ1) is 6.69. The van der Waals surface area contributed by atoms with Crippen LogP contribution in [0.5, 0.6) is 0 Å². The third kappa shape index (κ3) is 2.34. The van der Waals surface area contributed by atoms with Gasteiger partial charge < -0.3 is 4.90 Å². The molecular weight excluding hydrogens is 174 g/mol. The zero-order valence-electron chi connectivity index (χ0n) is 8.79. The Morgan fingerprint density at radius 1 is 1.21 bits per heavy atom. The van der Waals surface area contributed by atoms with Gasteiger partial charge in [-0.3, -0.25) is 4.79 Å². The number of hydrogen-bond acceptors (Lipinski definition) is 1. The first-order valence-electron chi connectivity index (χ1n) is 4.90. The van der Waals surface area contributed by atoms with Gasteiger partial charge in [-0.05, 0) is 38.5 Å². The van der Waals surface area contributed by atoms with Gasteiger partial charge in [0, 0.05) is 18.7 Å². The first-order valence-corrected chi connectivity index (χ1v) is 4.90. The van der Waals surface area contributed by atoms with Crippen LogP contribution in [0.1, 0.15) is 29.8 Å². The van der Waals surface area contributed by atoms with E-state index in [-0.39, 0.29) is 5.91 Å². The van der Waals surface area contributed by atoms with Crippen molar-refractivity contribution in [2.24, 2.45) is 0 Å². The molecular formula is C12H16NO. The fourth-order valence-corrected chi connectivity index (χ4v) is 1.34. The van der Waals surface area contributed by atoms with Gasteiger partial charge in [0.2, 0.25) is 0 Å². The second-order valence-corrected chi connectivity index (χ2v) is 3.17. The van der Waals surface area contributed by atoms with Crippen molar-refractivity contribution in [3.63, 3.8) is 0 Å². The molecule has 1 aromatic rings. The summed E-state index contributed by atoms with van der Waals surface area (Å²) in [5, 5.41) is 0. The van der Waals surface area contributed by atoms with Crippen molar-refractivity contribution in [3.8, 4) is 0 Å². The van der Waals surface area contributed by atoms with Crippen molar-refractivity contribution < 1.29 is 4.79 Å². The molecule has 0 aliphatic carbocycles. The van der Waals surface area contributed by atoms with Crippen LogP contribution in [0, 0.1) is 6.92 Å². The third-order valence-electron chi connectivity index (χ3n) is 2.25. The minimum Gasteiger partial charge on any atom is -0.339 e. The molecule has 0 aromatic heterocycles. The van der Waals surface area contributed by atoms with Crippen LogP contribution in [0.2, 0.25) is 0 Å². The largest absolute Gasteiger partial charge is 0.339 e. The lowest BCUT2D eigenvalue weighted by Gasteiger charge is -2.18. The third-order valence-corrected chi connectivity index (χ3v) is 2.25. The molecule has 0 saturated heterocycles. The van der Waals surface area contributed by atoms with Crippen molar-refractivity contribution in [2.75, 3.05) is 13.1 Å². The number of rotatable bonds is 3. The highest BCUT2D eigenvalue weighted by atomic mass is 16.2. The summed E-state index contributed by atoms with van der Waals surface area (Å²) in [4.78, 5) is 13.6. The van der Waals surface area contributed by atoms with Gasteiger partial charge >= 0.3 is 0 Å². The molecule has 2 heteroatoms. The molecule has 75 valence electrons. The van der Waals surface area contributed by atoms with E-state index in [9.17, 15) is 4.79 Å². The van der Waals surface area contributed by atoms with Crippen LogP contribution in [-0.4, -0.2) is 23.9 Å². The predicted molar refractivity (Wildman–Crippen MR) is 58.2 cm³/mol. The van der Waals surface area contributed by atoms with Crippen LogP contribution in [0.3, 0.4) is 0 Å². The Morgan fingerprint density at radius 3 is 2.14 bits per heavy atom. The highest BCUT2D eigenvalue weighted by Gasteiger charge is 2.10. The van der Waals surface area contributed by atoms with Gasteiger partial charge in [0.15, 0.2) is 0 Å². The van der Waals surface area contributed by atoms with E-state index in [2.05, 4.69) is 6.92 Å². The molecule has 0 aliphatic heterocycles. The van der Waals surface area contributed by atoms with E-state index in [1.165, 1.54) is 0 Å². The number of amides is 1. The zero-order chi connectivity index (χ0) is 10.6. The molecule has 1 amide bonds. The number of nitrogens with zero attached hydrogens (tertiary/aromatic N) is 1. The topological polar surface area (TPSA) is 20.3 Å². The van der Waals surface area contributed by atoms with Crippen LogP contribution in [-0.2, 0) is 0 Å². The lowest BCUT2D eigenvalue weighted by molar-refractivity contribution is 0.0773. The Bertz CT molecular complexity index is 299. The van der Waals surface area contributed by atoms with E-state index in [4.69, 9.17) is 0 Å². The van der Waals surface area contributed by atoms with E-state index in [1.54, 1.807) is 4.90 Å². The summed E-state index contributed by atoms with van der Waals surface area (Å²) >= 11 is 0. The molecule has 0 spiro atoms. The van der Waals surface area contributed by atoms with Gasteiger partial charge in [-0.1, -0.05) is 12.1 Å². The van der Waals surface area contributed by atoms with E-state index in [1.807, 2.05) is 38.1 Å². The smallest absolute Gasteiger partial charge is 0.253 e. The molecule has 0 heterocycles. The van der Waals surface area contributed by atoms with Gasteiger partial charge in [-0.15, -0.1) is 0 Å². The maximum absolute atomic E-state index is 11.8. The minimum absolute atomic E-state index is 0.0926. The maximum atomic E-state index is 11.8. The molecule has 1 aromatic carbocycles. The zero-order valence-corrected chi connectivity index (χ0v) is 8.79. The molecule has 0 N–H and O–H groups in total. The van der Waals surface area contributed by atoms with Crippen LogP contribution in [0.25, 0.3) is 0 Å². The molecule has 0 saturated carbocycles. The minimum atomic E-state index is 0.0926. The number of hydrogen-bond donors (Lipinski definition) is 0. The van der Waals surface area contributed by atoms with Crippen LogP contribution >= 0.6 is 0 Å². The summed E-state index contributed by atoms with van der Waals surface area (Å²) in [6.45, 7) is 9.25. The summed E-state index contributed by atoms with van der Waals surface area (Å²) < 4.78 is 0. The quantitative estimate of drug-likeness (QED) is 0.716. The summed E-state index contributed by atoms with van der Waals surface area (Å²) in [5.74, 6) is 0.0926. The molecule has 2 nitrogen and oxygen atoms in total. The highest BCUT2D eigenvalue weighted by Crippen LogP contribution is 2.06. The molecule has 14 heavy (non-hydrogen) atoms. The summed E-state index contributed by atoms with van der Waals surface area (Å²) in [6.07, 6.45) is 0. The predicted octanol–water partition coefficient (Wildman–Crippen LogP) is 2.35. The molecule has 0 fully saturated rings. The van der Waals surface area contributed by atoms with Crippen LogP contribution in [0.4, 0.5) is 0 Å². The number of carbonyl (C=O) groups is 1. The second-order valence-electron chi connectivity index (χ2n) is 3.17. The van der Waals surface area contributed by atoms with E-state index in [0.29, 0.717) is 0 Å². The number of benzene rings is 1. The molecule has 0 bridgehead atoms. The van der Waals surface area contributed by atoms with Gasteiger partial charge in [0.25, 0.3) is 5.91 Å². The van der Waals surface area contributed by atoms with Crippen molar-refractivity contribution >= 4 is 5.91 Å². The van der Waals surface area contributed by atoms with E-state index < -0.39 is 0 Å². The lowest BCUT2D eigenvalue weighted by Crippen LogP contribution is -2.30. The average Bonchev–Trinajstić information content (AvgIpc) is 2.20. The normalized spacial score (nSPS) is 9.93. The summed E-state index contributed by atoms with van der Waals surface area (Å²) in [5.41, 5.74) is 1.67. The fourth-order valence-electron chi connectivity index (χ4n) is 1.34.